The number of hydrogen-bond donors (Lipinski definition) is 2. The Balaban J connectivity index is 2.02. The van der Waals surface area contributed by atoms with Crippen LogP contribution in [0.2, 0.25) is 0 Å². The van der Waals surface area contributed by atoms with E-state index in [1.54, 1.807) is 0 Å². The monoisotopic (exact) mass is 232 g/mol. The Morgan fingerprint density at radius 2 is 2.40 bits per heavy atom. The van der Waals surface area contributed by atoms with Crippen molar-refractivity contribution in [3.05, 3.63) is 0 Å². The molecule has 1 saturated heterocycles. The van der Waals surface area contributed by atoms with Crippen LogP contribution < -0.4 is 10.6 Å². The summed E-state index contributed by atoms with van der Waals surface area (Å²) < 4.78 is 11.2. The van der Waals surface area contributed by atoms with Crippen molar-refractivity contribution in [2.24, 2.45) is 0 Å². The zero-order chi connectivity index (χ0) is 11.1. The molecule has 0 amide bonds. The summed E-state index contributed by atoms with van der Waals surface area (Å²) in [4.78, 5) is 0. The summed E-state index contributed by atoms with van der Waals surface area (Å²) in [5, 5.41) is 6.94. The molecule has 3 nitrogen and oxygen atoms in total. The van der Waals surface area contributed by atoms with Crippen molar-refractivity contribution in [2.75, 3.05) is 24.6 Å². The van der Waals surface area contributed by atoms with Gasteiger partial charge in [0.1, 0.15) is 0 Å². The molecule has 0 aliphatic carbocycles. The van der Waals surface area contributed by atoms with Gasteiger partial charge in [-0.3, -0.25) is 4.21 Å². The second kappa shape index (κ2) is 7.36. The molecule has 0 saturated carbocycles. The molecule has 2 N–H and O–H groups in total. The first-order chi connectivity index (χ1) is 7.22. The molecule has 3 unspecified atom stereocenters. The third-order valence-corrected chi connectivity index (χ3v) is 4.25. The lowest BCUT2D eigenvalue weighted by Crippen LogP contribution is -2.35. The molecule has 0 bridgehead atoms. The van der Waals surface area contributed by atoms with E-state index in [1.807, 2.05) is 6.92 Å². The van der Waals surface area contributed by atoms with E-state index in [1.165, 1.54) is 25.8 Å². The number of nitrogens with one attached hydrogen (secondary N) is 2. The molecule has 1 rings (SSSR count). The molecule has 0 spiro atoms. The van der Waals surface area contributed by atoms with E-state index in [0.717, 1.165) is 18.1 Å². The topological polar surface area (TPSA) is 41.1 Å². The van der Waals surface area contributed by atoms with Gasteiger partial charge in [-0.15, -0.1) is 0 Å². The van der Waals surface area contributed by atoms with Gasteiger partial charge in [-0.05, 0) is 32.7 Å². The van der Waals surface area contributed by atoms with Crippen LogP contribution in [0.3, 0.4) is 0 Å². The van der Waals surface area contributed by atoms with Crippen LogP contribution in [0.4, 0.5) is 0 Å². The first kappa shape index (κ1) is 13.1. The predicted molar refractivity (Wildman–Crippen MR) is 66.7 cm³/mol. The summed E-state index contributed by atoms with van der Waals surface area (Å²) in [6.45, 7) is 6.25. The Bertz CT molecular complexity index is 193. The third-order valence-electron chi connectivity index (χ3n) is 2.94. The van der Waals surface area contributed by atoms with E-state index >= 15 is 0 Å². The van der Waals surface area contributed by atoms with E-state index in [4.69, 9.17) is 0 Å². The fourth-order valence-corrected chi connectivity index (χ4v) is 2.67. The standard InChI is InChI=1S/C11H24N2OS/c1-3-15(14)8-7-12-10(2)9-11-5-4-6-13-11/h10-13H,3-9H2,1-2H3. The Kier molecular flexibility index (Phi) is 6.45. The third kappa shape index (κ3) is 5.64. The number of rotatable bonds is 7. The average Bonchev–Trinajstić information content (AvgIpc) is 2.70. The van der Waals surface area contributed by atoms with Crippen LogP contribution in [-0.2, 0) is 10.8 Å². The molecule has 0 aromatic heterocycles. The second-order valence-electron chi connectivity index (χ2n) is 4.32. The SMILES string of the molecule is CCS(=O)CCNC(C)CC1CCCN1. The molecule has 3 atom stereocenters. The highest BCUT2D eigenvalue weighted by Gasteiger charge is 2.16. The minimum Gasteiger partial charge on any atom is -0.314 e. The van der Waals surface area contributed by atoms with Crippen molar-refractivity contribution in [2.45, 2.75) is 45.2 Å². The summed E-state index contributed by atoms with van der Waals surface area (Å²) in [5.41, 5.74) is 0. The van der Waals surface area contributed by atoms with Crippen LogP contribution in [0, 0.1) is 0 Å². The van der Waals surface area contributed by atoms with Crippen molar-refractivity contribution < 1.29 is 4.21 Å². The van der Waals surface area contributed by atoms with Gasteiger partial charge >= 0.3 is 0 Å². The Morgan fingerprint density at radius 1 is 1.60 bits per heavy atom. The lowest BCUT2D eigenvalue weighted by Gasteiger charge is -2.18. The Labute approximate surface area is 95.9 Å². The normalized spacial score (nSPS) is 25.3. The van der Waals surface area contributed by atoms with Crippen LogP contribution in [0.5, 0.6) is 0 Å². The predicted octanol–water partition coefficient (Wildman–Crippen LogP) is 0.875. The first-order valence-electron chi connectivity index (χ1n) is 6.04. The van der Waals surface area contributed by atoms with Crippen LogP contribution in [0.15, 0.2) is 0 Å². The lowest BCUT2D eigenvalue weighted by molar-refractivity contribution is 0.449. The molecular weight excluding hydrogens is 208 g/mol. The Hall–Kier alpha value is 0.0700. The van der Waals surface area contributed by atoms with Gasteiger partial charge in [0.05, 0.1) is 0 Å². The van der Waals surface area contributed by atoms with Gasteiger partial charge in [0.2, 0.25) is 0 Å². The molecule has 0 aromatic rings. The van der Waals surface area contributed by atoms with Gasteiger partial charge in [0, 0.05) is 40.9 Å². The maximum Gasteiger partial charge on any atom is 0.0360 e. The van der Waals surface area contributed by atoms with Gasteiger partial charge < -0.3 is 10.6 Å². The zero-order valence-corrected chi connectivity index (χ0v) is 10.7. The lowest BCUT2D eigenvalue weighted by atomic mass is 10.1. The molecule has 1 aliphatic heterocycles. The maximum atomic E-state index is 11.2. The van der Waals surface area contributed by atoms with Crippen LogP contribution in [0.25, 0.3) is 0 Å². The zero-order valence-electron chi connectivity index (χ0n) is 9.92. The molecule has 0 aromatic carbocycles. The molecule has 1 aliphatic rings. The Morgan fingerprint density at radius 3 is 3.00 bits per heavy atom. The summed E-state index contributed by atoms with van der Waals surface area (Å²) >= 11 is 0. The molecule has 1 fully saturated rings. The van der Waals surface area contributed by atoms with Gasteiger partial charge in [0.15, 0.2) is 0 Å². The van der Waals surface area contributed by atoms with E-state index in [0.29, 0.717) is 12.1 Å². The summed E-state index contributed by atoms with van der Waals surface area (Å²) in [6.07, 6.45) is 3.82. The van der Waals surface area contributed by atoms with Gasteiger partial charge in [0.25, 0.3) is 0 Å². The summed E-state index contributed by atoms with van der Waals surface area (Å²) in [7, 11) is -0.625. The van der Waals surface area contributed by atoms with E-state index in [2.05, 4.69) is 17.6 Å². The maximum absolute atomic E-state index is 11.2. The van der Waals surface area contributed by atoms with Gasteiger partial charge in [-0.1, -0.05) is 6.92 Å². The van der Waals surface area contributed by atoms with Crippen molar-refractivity contribution in [3.63, 3.8) is 0 Å². The average molecular weight is 232 g/mol. The molecule has 4 heteroatoms. The quantitative estimate of drug-likeness (QED) is 0.684. The molecule has 1 heterocycles. The van der Waals surface area contributed by atoms with Gasteiger partial charge in [-0.25, -0.2) is 0 Å². The molecule has 90 valence electrons. The fourth-order valence-electron chi connectivity index (χ4n) is 2.03. The highest BCUT2D eigenvalue weighted by Crippen LogP contribution is 2.10. The molecule has 0 radical (unpaired) electrons. The fraction of sp³-hybridized carbons (Fsp3) is 1.00. The van der Waals surface area contributed by atoms with Gasteiger partial charge in [-0.2, -0.15) is 0 Å². The smallest absolute Gasteiger partial charge is 0.0360 e. The highest BCUT2D eigenvalue weighted by molar-refractivity contribution is 7.84. The van der Waals surface area contributed by atoms with Crippen molar-refractivity contribution in [3.8, 4) is 0 Å². The van der Waals surface area contributed by atoms with Crippen LogP contribution in [-0.4, -0.2) is 40.9 Å². The first-order valence-corrected chi connectivity index (χ1v) is 7.53. The van der Waals surface area contributed by atoms with E-state index < -0.39 is 10.8 Å². The summed E-state index contributed by atoms with van der Waals surface area (Å²) in [5.74, 6) is 1.57. The van der Waals surface area contributed by atoms with Crippen molar-refractivity contribution in [1.29, 1.82) is 0 Å². The van der Waals surface area contributed by atoms with Crippen molar-refractivity contribution in [1.82, 2.24) is 10.6 Å². The van der Waals surface area contributed by atoms with E-state index in [9.17, 15) is 4.21 Å². The van der Waals surface area contributed by atoms with E-state index in [-0.39, 0.29) is 0 Å². The number of hydrogen-bond acceptors (Lipinski definition) is 3. The van der Waals surface area contributed by atoms with Crippen LogP contribution in [0.1, 0.15) is 33.1 Å². The molecule has 15 heavy (non-hydrogen) atoms. The largest absolute Gasteiger partial charge is 0.314 e. The minimum absolute atomic E-state index is 0.537. The summed E-state index contributed by atoms with van der Waals surface area (Å²) in [6, 6.07) is 1.23. The van der Waals surface area contributed by atoms with Crippen LogP contribution >= 0.6 is 0 Å². The molecular formula is C11H24N2OS. The second-order valence-corrected chi connectivity index (χ2v) is 6.18. The highest BCUT2D eigenvalue weighted by atomic mass is 32.2. The van der Waals surface area contributed by atoms with Crippen molar-refractivity contribution >= 4 is 10.8 Å². The minimum atomic E-state index is -0.625.